The highest BCUT2D eigenvalue weighted by Crippen LogP contribution is 2.19. The van der Waals surface area contributed by atoms with Crippen molar-refractivity contribution in [3.05, 3.63) is 17.3 Å². The average molecular weight is 243 g/mol. The molecule has 1 heterocycles. The summed E-state index contributed by atoms with van der Waals surface area (Å²) in [6.45, 7) is 3.13. The number of hydrogen-bond acceptors (Lipinski definition) is 4. The quantitative estimate of drug-likeness (QED) is 0.777. The molecule has 0 amide bonds. The van der Waals surface area contributed by atoms with Crippen molar-refractivity contribution >= 4 is 23.1 Å². The third-order valence-electron chi connectivity index (χ3n) is 2.28. The summed E-state index contributed by atoms with van der Waals surface area (Å²) < 4.78 is 0. The number of halogens is 1. The summed E-state index contributed by atoms with van der Waals surface area (Å²) in [4.78, 5) is 6.30. The number of hydrogen-bond donors (Lipinski definition) is 2. The Morgan fingerprint density at radius 3 is 2.81 bits per heavy atom. The van der Waals surface area contributed by atoms with E-state index in [-0.39, 0.29) is 0 Å². The van der Waals surface area contributed by atoms with Gasteiger partial charge in [0.1, 0.15) is 5.15 Å². The Balaban J connectivity index is 2.55. The second-order valence-electron chi connectivity index (χ2n) is 4.21. The highest BCUT2D eigenvalue weighted by atomic mass is 35.5. The van der Waals surface area contributed by atoms with E-state index in [1.165, 1.54) is 0 Å². The van der Waals surface area contributed by atoms with Crippen LogP contribution in [0.1, 0.15) is 13.3 Å². The molecule has 0 aliphatic rings. The Morgan fingerprint density at radius 2 is 2.19 bits per heavy atom. The van der Waals surface area contributed by atoms with Crippen LogP contribution in [0.2, 0.25) is 5.15 Å². The first-order valence-corrected chi connectivity index (χ1v) is 5.70. The zero-order valence-corrected chi connectivity index (χ0v) is 10.8. The molecule has 4 nitrogen and oxygen atoms in total. The highest BCUT2D eigenvalue weighted by molar-refractivity contribution is 6.29. The van der Waals surface area contributed by atoms with Crippen LogP contribution in [-0.2, 0) is 0 Å². The molecule has 5 heteroatoms. The van der Waals surface area contributed by atoms with Gasteiger partial charge in [-0.05, 0) is 46.1 Å². The molecule has 1 aromatic rings. The van der Waals surface area contributed by atoms with Crippen LogP contribution < -0.4 is 11.1 Å². The molecular weight excluding hydrogens is 224 g/mol. The summed E-state index contributed by atoms with van der Waals surface area (Å²) in [6, 6.07) is 3.76. The van der Waals surface area contributed by atoms with Crippen molar-refractivity contribution in [2.45, 2.75) is 19.4 Å². The molecule has 0 aliphatic heterocycles. The summed E-state index contributed by atoms with van der Waals surface area (Å²) in [5, 5.41) is 3.71. The van der Waals surface area contributed by atoms with E-state index in [4.69, 9.17) is 17.3 Å². The van der Waals surface area contributed by atoms with E-state index >= 15 is 0 Å². The molecular formula is C11H19ClN4. The minimum Gasteiger partial charge on any atom is -0.396 e. The van der Waals surface area contributed by atoms with Gasteiger partial charge in [0.2, 0.25) is 0 Å². The van der Waals surface area contributed by atoms with Gasteiger partial charge in [-0.1, -0.05) is 11.6 Å². The van der Waals surface area contributed by atoms with Crippen LogP contribution in [0.4, 0.5) is 11.5 Å². The van der Waals surface area contributed by atoms with Crippen molar-refractivity contribution in [1.82, 2.24) is 9.88 Å². The van der Waals surface area contributed by atoms with Crippen LogP contribution in [0.15, 0.2) is 12.1 Å². The number of nitrogens with one attached hydrogen (secondary N) is 1. The summed E-state index contributed by atoms with van der Waals surface area (Å²) in [5.74, 6) is 0.666. The van der Waals surface area contributed by atoms with Crippen molar-refractivity contribution in [3.63, 3.8) is 0 Å². The second-order valence-corrected chi connectivity index (χ2v) is 4.60. The number of nitrogens with two attached hydrogens (primary N) is 1. The molecule has 0 saturated carbocycles. The molecule has 0 aliphatic carbocycles. The molecule has 0 bridgehead atoms. The molecule has 1 unspecified atom stereocenters. The van der Waals surface area contributed by atoms with Gasteiger partial charge in [-0.2, -0.15) is 0 Å². The molecule has 0 radical (unpaired) electrons. The molecule has 90 valence electrons. The monoisotopic (exact) mass is 242 g/mol. The first kappa shape index (κ1) is 13.1. The molecule has 1 atom stereocenters. The molecule has 1 aromatic heterocycles. The highest BCUT2D eigenvalue weighted by Gasteiger charge is 2.07. The first-order valence-electron chi connectivity index (χ1n) is 5.32. The molecule has 0 spiro atoms. The van der Waals surface area contributed by atoms with Gasteiger partial charge in [0, 0.05) is 6.04 Å². The van der Waals surface area contributed by atoms with Gasteiger partial charge >= 0.3 is 0 Å². The van der Waals surface area contributed by atoms with Crippen molar-refractivity contribution in [2.75, 3.05) is 31.7 Å². The van der Waals surface area contributed by atoms with Gasteiger partial charge in [-0.3, -0.25) is 0 Å². The maximum absolute atomic E-state index is 5.81. The fraction of sp³-hybridized carbons (Fsp3) is 0.545. The smallest absolute Gasteiger partial charge is 0.151 e. The summed E-state index contributed by atoms with van der Waals surface area (Å²) >= 11 is 5.81. The normalized spacial score (nSPS) is 12.8. The third kappa shape index (κ3) is 4.24. The number of rotatable bonds is 5. The van der Waals surface area contributed by atoms with Crippen molar-refractivity contribution in [2.24, 2.45) is 0 Å². The third-order valence-corrected chi connectivity index (χ3v) is 2.50. The van der Waals surface area contributed by atoms with Crippen molar-refractivity contribution in [1.29, 1.82) is 0 Å². The molecule has 0 saturated heterocycles. The molecule has 16 heavy (non-hydrogen) atoms. The molecule has 0 aromatic carbocycles. The summed E-state index contributed by atoms with van der Waals surface area (Å²) in [7, 11) is 4.11. The number of anilines is 2. The first-order chi connectivity index (χ1) is 7.49. The van der Waals surface area contributed by atoms with Crippen LogP contribution in [0, 0.1) is 0 Å². The maximum atomic E-state index is 5.81. The summed E-state index contributed by atoms with van der Waals surface area (Å²) in [6.07, 6.45) is 1.03. The van der Waals surface area contributed by atoms with Crippen LogP contribution in [0.5, 0.6) is 0 Å². The second kappa shape index (κ2) is 5.92. The predicted octanol–water partition coefficient (Wildman–Crippen LogP) is 2.07. The van der Waals surface area contributed by atoms with Crippen LogP contribution in [-0.4, -0.2) is 36.6 Å². The topological polar surface area (TPSA) is 54.2 Å². The molecule has 1 rings (SSSR count). The van der Waals surface area contributed by atoms with Crippen LogP contribution in [0.3, 0.4) is 0 Å². The molecule has 3 N–H and O–H groups in total. The number of aromatic nitrogens is 1. The van der Waals surface area contributed by atoms with Gasteiger partial charge in [0.15, 0.2) is 5.82 Å². The van der Waals surface area contributed by atoms with Gasteiger partial charge in [-0.25, -0.2) is 4.98 Å². The minimum atomic E-state index is 0.315. The van der Waals surface area contributed by atoms with Crippen LogP contribution >= 0.6 is 11.6 Å². The molecule has 0 fully saturated rings. The van der Waals surface area contributed by atoms with Gasteiger partial charge < -0.3 is 16.0 Å². The van der Waals surface area contributed by atoms with Gasteiger partial charge in [0.25, 0.3) is 0 Å². The van der Waals surface area contributed by atoms with E-state index in [0.717, 1.165) is 13.0 Å². The predicted molar refractivity (Wildman–Crippen MR) is 69.9 cm³/mol. The summed E-state index contributed by atoms with van der Waals surface area (Å²) in [5.41, 5.74) is 6.43. The van der Waals surface area contributed by atoms with E-state index in [1.807, 2.05) is 0 Å². The standard InChI is InChI=1S/C11H19ClN4/c1-8(6-7-16(2)3)14-11-9(13)4-5-10(12)15-11/h4-5,8H,6-7,13H2,1-3H3,(H,14,15). The van der Waals surface area contributed by atoms with E-state index < -0.39 is 0 Å². The fourth-order valence-corrected chi connectivity index (χ4v) is 1.47. The average Bonchev–Trinajstić information content (AvgIpc) is 2.20. The number of nitrogens with zero attached hydrogens (tertiary/aromatic N) is 2. The van der Waals surface area contributed by atoms with Gasteiger partial charge in [0.05, 0.1) is 5.69 Å². The Labute approximate surface area is 102 Å². The lowest BCUT2D eigenvalue weighted by Gasteiger charge is -2.18. The van der Waals surface area contributed by atoms with Crippen molar-refractivity contribution in [3.8, 4) is 0 Å². The van der Waals surface area contributed by atoms with E-state index in [9.17, 15) is 0 Å². The zero-order chi connectivity index (χ0) is 12.1. The van der Waals surface area contributed by atoms with E-state index in [0.29, 0.717) is 22.7 Å². The van der Waals surface area contributed by atoms with E-state index in [1.54, 1.807) is 12.1 Å². The Bertz CT molecular complexity index is 341. The van der Waals surface area contributed by atoms with Gasteiger partial charge in [-0.15, -0.1) is 0 Å². The SMILES string of the molecule is CC(CCN(C)C)Nc1nc(Cl)ccc1N. The zero-order valence-electron chi connectivity index (χ0n) is 10.00. The maximum Gasteiger partial charge on any atom is 0.151 e. The Kier molecular flexibility index (Phi) is 4.83. The largest absolute Gasteiger partial charge is 0.396 e. The lowest BCUT2D eigenvalue weighted by atomic mass is 10.2. The van der Waals surface area contributed by atoms with E-state index in [2.05, 4.69) is 36.2 Å². The minimum absolute atomic E-state index is 0.315. The number of pyridine rings is 1. The number of nitrogen functional groups attached to an aromatic ring is 1. The Morgan fingerprint density at radius 1 is 1.50 bits per heavy atom. The van der Waals surface area contributed by atoms with Crippen molar-refractivity contribution < 1.29 is 0 Å². The Hall–Kier alpha value is -1.00. The van der Waals surface area contributed by atoms with Crippen LogP contribution in [0.25, 0.3) is 0 Å². The fourth-order valence-electron chi connectivity index (χ4n) is 1.32. The lowest BCUT2D eigenvalue weighted by molar-refractivity contribution is 0.390. The lowest BCUT2D eigenvalue weighted by Crippen LogP contribution is -2.23.